The molecule has 1 N–H and O–H groups in total. The Labute approximate surface area is 203 Å². The average molecular weight is 467 g/mol. The van der Waals surface area contributed by atoms with Crippen LogP contribution < -0.4 is 5.32 Å². The summed E-state index contributed by atoms with van der Waals surface area (Å²) in [4.78, 5) is 45.4. The van der Waals surface area contributed by atoms with Crippen molar-refractivity contribution >= 4 is 17.7 Å². The Morgan fingerprint density at radius 2 is 1.77 bits per heavy atom. The van der Waals surface area contributed by atoms with Gasteiger partial charge in [-0.3, -0.25) is 29.6 Å². The molecule has 0 aliphatic carbocycles. The van der Waals surface area contributed by atoms with Gasteiger partial charge in [0.15, 0.2) is 0 Å². The summed E-state index contributed by atoms with van der Waals surface area (Å²) in [5.74, 6) is -0.831. The molecular formula is C28H26N4O3. The van der Waals surface area contributed by atoms with Gasteiger partial charge in [0.05, 0.1) is 5.69 Å². The van der Waals surface area contributed by atoms with Gasteiger partial charge in [0, 0.05) is 49.9 Å². The van der Waals surface area contributed by atoms with Crippen LogP contribution in [0.5, 0.6) is 0 Å². The van der Waals surface area contributed by atoms with Gasteiger partial charge >= 0.3 is 0 Å². The Kier molecular flexibility index (Phi) is 5.41. The molecule has 3 amide bonds. The second-order valence-corrected chi connectivity index (χ2v) is 9.55. The summed E-state index contributed by atoms with van der Waals surface area (Å²) in [6.07, 6.45) is 3.52. The number of rotatable bonds is 4. The van der Waals surface area contributed by atoms with Crippen LogP contribution in [0.2, 0.25) is 0 Å². The van der Waals surface area contributed by atoms with Crippen LogP contribution in [0.15, 0.2) is 60.8 Å². The van der Waals surface area contributed by atoms with Crippen LogP contribution in [0.25, 0.3) is 11.3 Å². The fourth-order valence-corrected chi connectivity index (χ4v) is 5.41. The van der Waals surface area contributed by atoms with E-state index in [1.807, 2.05) is 24.4 Å². The van der Waals surface area contributed by atoms with Crippen molar-refractivity contribution in [2.24, 2.45) is 0 Å². The highest BCUT2D eigenvalue weighted by atomic mass is 16.2. The van der Waals surface area contributed by atoms with Crippen LogP contribution in [-0.4, -0.2) is 45.1 Å². The molecule has 1 fully saturated rings. The normalized spacial score (nSPS) is 19.9. The van der Waals surface area contributed by atoms with Gasteiger partial charge in [-0.1, -0.05) is 30.3 Å². The molecule has 176 valence electrons. The van der Waals surface area contributed by atoms with Crippen LogP contribution in [0.4, 0.5) is 0 Å². The van der Waals surface area contributed by atoms with Gasteiger partial charge in [0.2, 0.25) is 11.8 Å². The van der Waals surface area contributed by atoms with Gasteiger partial charge in [0.25, 0.3) is 5.91 Å². The molecule has 1 saturated heterocycles. The predicted octanol–water partition coefficient (Wildman–Crippen LogP) is 3.07. The molecule has 1 aromatic heterocycles. The van der Waals surface area contributed by atoms with Gasteiger partial charge in [-0.15, -0.1) is 0 Å². The lowest BCUT2D eigenvalue weighted by Crippen LogP contribution is -2.52. The molecule has 3 aliphatic rings. The van der Waals surface area contributed by atoms with Crippen LogP contribution >= 0.6 is 0 Å². The number of carbonyl (C=O) groups excluding carboxylic acids is 3. The van der Waals surface area contributed by atoms with Gasteiger partial charge < -0.3 is 4.90 Å². The van der Waals surface area contributed by atoms with Gasteiger partial charge in [0.1, 0.15) is 6.04 Å². The molecular weight excluding hydrogens is 440 g/mol. The highest BCUT2D eigenvalue weighted by Crippen LogP contribution is 2.31. The summed E-state index contributed by atoms with van der Waals surface area (Å²) in [6.45, 7) is 3.20. The monoisotopic (exact) mass is 466 g/mol. The average Bonchev–Trinajstić information content (AvgIpc) is 3.19. The van der Waals surface area contributed by atoms with E-state index in [2.05, 4.69) is 51.6 Å². The Bertz CT molecular complexity index is 1350. The number of hydrogen-bond donors (Lipinski definition) is 1. The maximum Gasteiger partial charge on any atom is 0.255 e. The van der Waals surface area contributed by atoms with Crippen molar-refractivity contribution in [3.8, 4) is 11.3 Å². The zero-order valence-corrected chi connectivity index (χ0v) is 19.4. The maximum atomic E-state index is 13.0. The Morgan fingerprint density at radius 1 is 0.914 bits per heavy atom. The lowest BCUT2D eigenvalue weighted by Gasteiger charge is -2.29. The number of amides is 3. The minimum atomic E-state index is -0.604. The van der Waals surface area contributed by atoms with Gasteiger partial charge in [-0.05, 0) is 59.4 Å². The van der Waals surface area contributed by atoms with Crippen molar-refractivity contribution < 1.29 is 14.4 Å². The SMILES string of the molecule is O=C1CCC(N2Cc3cc(-c4cc(CN5CCc6ccccc6C5)ccn4)ccc3C2=O)C(=O)N1. The first-order valence-electron chi connectivity index (χ1n) is 12.1. The molecule has 3 aromatic rings. The summed E-state index contributed by atoms with van der Waals surface area (Å²) in [5, 5.41) is 2.35. The number of benzene rings is 2. The fraction of sp³-hybridized carbons (Fsp3) is 0.286. The third kappa shape index (κ3) is 4.12. The summed E-state index contributed by atoms with van der Waals surface area (Å²) < 4.78 is 0. The van der Waals surface area contributed by atoms with Crippen LogP contribution in [0.3, 0.4) is 0 Å². The molecule has 4 heterocycles. The smallest absolute Gasteiger partial charge is 0.255 e. The molecule has 2 aromatic carbocycles. The Balaban J connectivity index is 1.19. The van der Waals surface area contributed by atoms with Crippen molar-refractivity contribution in [1.29, 1.82) is 0 Å². The summed E-state index contributed by atoms with van der Waals surface area (Å²) in [7, 11) is 0. The minimum absolute atomic E-state index is 0.159. The number of aromatic nitrogens is 1. The van der Waals surface area contributed by atoms with E-state index < -0.39 is 11.9 Å². The molecule has 1 atom stereocenters. The second kappa shape index (κ2) is 8.74. The summed E-state index contributed by atoms with van der Waals surface area (Å²) >= 11 is 0. The Hall–Kier alpha value is -3.84. The van der Waals surface area contributed by atoms with Crippen molar-refractivity contribution in [1.82, 2.24) is 20.1 Å². The standard InChI is InChI=1S/C28H26N4O3/c33-26-8-7-25(27(34)30-26)32-17-22-14-20(5-6-23(22)28(32)35)24-13-18(9-11-29-24)15-31-12-10-19-3-1-2-4-21(19)16-31/h1-6,9,11,13-14,25H,7-8,10,12,15-17H2,(H,30,33,34). The van der Waals surface area contributed by atoms with E-state index in [0.717, 1.165) is 42.9 Å². The molecule has 1 unspecified atom stereocenters. The third-order valence-corrected chi connectivity index (χ3v) is 7.26. The molecule has 6 rings (SSSR count). The molecule has 0 bridgehead atoms. The lowest BCUT2D eigenvalue weighted by molar-refractivity contribution is -0.136. The van der Waals surface area contributed by atoms with Crippen molar-refractivity contribution in [2.75, 3.05) is 6.54 Å². The van der Waals surface area contributed by atoms with E-state index >= 15 is 0 Å². The number of nitrogens with one attached hydrogen (secondary N) is 1. The van der Waals surface area contributed by atoms with E-state index in [0.29, 0.717) is 18.5 Å². The molecule has 0 saturated carbocycles. The van der Waals surface area contributed by atoms with E-state index in [4.69, 9.17) is 0 Å². The largest absolute Gasteiger partial charge is 0.322 e. The van der Waals surface area contributed by atoms with Crippen LogP contribution in [0.1, 0.15) is 45.5 Å². The second-order valence-electron chi connectivity index (χ2n) is 9.55. The van der Waals surface area contributed by atoms with Crippen molar-refractivity contribution in [3.63, 3.8) is 0 Å². The van der Waals surface area contributed by atoms with Crippen LogP contribution in [0, 0.1) is 0 Å². The van der Waals surface area contributed by atoms with Crippen molar-refractivity contribution in [3.05, 3.63) is 88.6 Å². The number of hydrogen-bond acceptors (Lipinski definition) is 5. The van der Waals surface area contributed by atoms with E-state index in [1.54, 1.807) is 4.90 Å². The molecule has 7 heteroatoms. The number of pyridine rings is 1. The van der Waals surface area contributed by atoms with Gasteiger partial charge in [-0.2, -0.15) is 0 Å². The first-order valence-corrected chi connectivity index (χ1v) is 12.1. The zero-order chi connectivity index (χ0) is 23.9. The lowest BCUT2D eigenvalue weighted by atomic mass is 9.99. The highest BCUT2D eigenvalue weighted by molar-refractivity contribution is 6.05. The molecule has 35 heavy (non-hydrogen) atoms. The highest BCUT2D eigenvalue weighted by Gasteiger charge is 2.39. The van der Waals surface area contributed by atoms with Gasteiger partial charge in [-0.25, -0.2) is 0 Å². The van der Waals surface area contributed by atoms with Crippen molar-refractivity contribution in [2.45, 2.75) is 44.9 Å². The first-order chi connectivity index (χ1) is 17.0. The van der Waals surface area contributed by atoms with E-state index in [1.165, 1.54) is 16.7 Å². The molecule has 0 spiro atoms. The number of imide groups is 1. The molecule has 3 aliphatic heterocycles. The van der Waals surface area contributed by atoms with Crippen LogP contribution in [-0.2, 0) is 35.6 Å². The van der Waals surface area contributed by atoms with E-state index in [-0.39, 0.29) is 18.2 Å². The maximum absolute atomic E-state index is 13.0. The summed E-state index contributed by atoms with van der Waals surface area (Å²) in [5.41, 5.74) is 7.37. The topological polar surface area (TPSA) is 82.6 Å². The Morgan fingerprint density at radius 3 is 2.63 bits per heavy atom. The molecule has 7 nitrogen and oxygen atoms in total. The third-order valence-electron chi connectivity index (χ3n) is 7.26. The number of fused-ring (bicyclic) bond motifs is 2. The first kappa shape index (κ1) is 21.7. The fourth-order valence-electron chi connectivity index (χ4n) is 5.41. The summed E-state index contributed by atoms with van der Waals surface area (Å²) in [6, 6.07) is 18.0. The quantitative estimate of drug-likeness (QED) is 0.598. The minimum Gasteiger partial charge on any atom is -0.322 e. The van der Waals surface area contributed by atoms with E-state index in [9.17, 15) is 14.4 Å². The predicted molar refractivity (Wildman–Crippen MR) is 130 cm³/mol. The number of piperidine rings is 1. The number of carbonyl (C=O) groups is 3. The number of nitrogens with zero attached hydrogens (tertiary/aromatic N) is 3. The molecule has 0 radical (unpaired) electrons. The zero-order valence-electron chi connectivity index (χ0n) is 19.4.